The minimum Gasteiger partial charge on any atom is -1.00 e. The SMILES string of the molecule is Clc1ccccc1[NH2+]c1ncnc2sc3c(c12)CCC3.[Cl-]. The van der Waals surface area contributed by atoms with Crippen molar-refractivity contribution in [3.05, 3.63) is 46.1 Å². The number of aryl methyl sites for hydroxylation is 2. The van der Waals surface area contributed by atoms with Crippen LogP contribution in [0.2, 0.25) is 5.02 Å². The molecule has 1 aromatic carbocycles. The van der Waals surface area contributed by atoms with Gasteiger partial charge in [0.15, 0.2) is 5.69 Å². The summed E-state index contributed by atoms with van der Waals surface area (Å²) in [6, 6.07) is 7.86. The van der Waals surface area contributed by atoms with Gasteiger partial charge < -0.3 is 12.4 Å². The number of rotatable bonds is 2. The minimum atomic E-state index is 0. The molecule has 0 fully saturated rings. The fraction of sp³-hybridized carbons (Fsp3) is 0.200. The Bertz CT molecular complexity index is 801. The Hall–Kier alpha value is -1.20. The highest BCUT2D eigenvalue weighted by molar-refractivity contribution is 7.19. The van der Waals surface area contributed by atoms with Gasteiger partial charge in [0, 0.05) is 10.9 Å². The minimum absolute atomic E-state index is 0. The Labute approximate surface area is 137 Å². The number of hydrogen-bond donors (Lipinski definition) is 1. The summed E-state index contributed by atoms with van der Waals surface area (Å²) in [4.78, 5) is 11.5. The fourth-order valence-electron chi connectivity index (χ4n) is 2.80. The van der Waals surface area contributed by atoms with E-state index >= 15 is 0 Å². The maximum Gasteiger partial charge on any atom is 0.241 e. The third kappa shape index (κ3) is 2.53. The van der Waals surface area contributed by atoms with E-state index in [1.807, 2.05) is 35.6 Å². The number of fused-ring (bicyclic) bond motifs is 3. The van der Waals surface area contributed by atoms with Crippen molar-refractivity contribution in [1.29, 1.82) is 0 Å². The van der Waals surface area contributed by atoms with Crippen molar-refractivity contribution >= 4 is 44.7 Å². The number of quaternary nitrogens is 1. The van der Waals surface area contributed by atoms with Crippen molar-refractivity contribution in [1.82, 2.24) is 9.97 Å². The molecule has 4 rings (SSSR count). The Morgan fingerprint density at radius 3 is 2.86 bits per heavy atom. The first kappa shape index (κ1) is 14.7. The highest BCUT2D eigenvalue weighted by Gasteiger charge is 2.23. The maximum absolute atomic E-state index is 6.24. The van der Waals surface area contributed by atoms with Crippen LogP contribution in [0.3, 0.4) is 0 Å². The summed E-state index contributed by atoms with van der Waals surface area (Å²) in [6.45, 7) is 0. The average Bonchev–Trinajstić information content (AvgIpc) is 3.02. The zero-order valence-electron chi connectivity index (χ0n) is 11.1. The number of halogens is 2. The lowest BCUT2D eigenvalue weighted by Gasteiger charge is -2.03. The molecule has 0 bridgehead atoms. The summed E-state index contributed by atoms with van der Waals surface area (Å²) < 4.78 is 0. The number of hydrogen-bond acceptors (Lipinski definition) is 3. The molecule has 2 aromatic heterocycles. The molecular weight excluding hydrogens is 325 g/mol. The molecule has 108 valence electrons. The number of nitrogens with two attached hydrogens (primary N) is 1. The lowest BCUT2D eigenvalue weighted by molar-refractivity contribution is -0.481. The summed E-state index contributed by atoms with van der Waals surface area (Å²) in [6.07, 6.45) is 5.22. The first-order chi connectivity index (χ1) is 9.83. The first-order valence-corrected chi connectivity index (χ1v) is 7.87. The van der Waals surface area contributed by atoms with E-state index in [-0.39, 0.29) is 12.4 Å². The topological polar surface area (TPSA) is 42.4 Å². The summed E-state index contributed by atoms with van der Waals surface area (Å²) >= 11 is 8.06. The number of thiophene rings is 1. The molecular formula is C15H13Cl2N3S. The molecule has 0 atom stereocenters. The van der Waals surface area contributed by atoms with Crippen LogP contribution in [0.4, 0.5) is 11.5 Å². The Morgan fingerprint density at radius 1 is 1.14 bits per heavy atom. The molecule has 3 nitrogen and oxygen atoms in total. The van der Waals surface area contributed by atoms with Crippen molar-refractivity contribution in [2.75, 3.05) is 0 Å². The molecule has 0 saturated carbocycles. The standard InChI is InChI=1S/C15H12ClN3S.ClH/c16-10-5-1-2-6-11(10)19-14-13-9-4-3-7-12(9)20-15(13)18-8-17-14;/h1-2,5-6,8H,3-4,7H2,(H,17,18,19);1H. The van der Waals surface area contributed by atoms with E-state index < -0.39 is 0 Å². The van der Waals surface area contributed by atoms with Crippen LogP contribution in [0.5, 0.6) is 0 Å². The molecule has 0 spiro atoms. The lowest BCUT2D eigenvalue weighted by atomic mass is 10.2. The molecule has 21 heavy (non-hydrogen) atoms. The number of nitrogens with zero attached hydrogens (tertiary/aromatic N) is 2. The van der Waals surface area contributed by atoms with Crippen molar-refractivity contribution in [3.63, 3.8) is 0 Å². The highest BCUT2D eigenvalue weighted by atomic mass is 35.5. The predicted octanol–water partition coefficient (Wildman–Crippen LogP) is 0.364. The van der Waals surface area contributed by atoms with E-state index in [0.717, 1.165) is 27.8 Å². The van der Waals surface area contributed by atoms with Crippen molar-refractivity contribution in [2.24, 2.45) is 0 Å². The van der Waals surface area contributed by atoms with E-state index in [1.54, 1.807) is 6.33 Å². The van der Waals surface area contributed by atoms with Gasteiger partial charge in [-0.3, -0.25) is 5.32 Å². The van der Waals surface area contributed by atoms with Gasteiger partial charge in [0.05, 0.1) is 5.39 Å². The third-order valence-corrected chi connectivity index (χ3v) is 5.27. The van der Waals surface area contributed by atoms with Gasteiger partial charge in [-0.15, -0.1) is 11.3 Å². The zero-order valence-corrected chi connectivity index (χ0v) is 13.5. The fourth-order valence-corrected chi connectivity index (χ4v) is 4.23. The van der Waals surface area contributed by atoms with Crippen molar-refractivity contribution in [2.45, 2.75) is 19.3 Å². The average molecular weight is 338 g/mol. The molecule has 1 aliphatic rings. The summed E-state index contributed by atoms with van der Waals surface area (Å²) in [5.74, 6) is 0.988. The van der Waals surface area contributed by atoms with Gasteiger partial charge in [-0.05, 0) is 30.9 Å². The molecule has 0 radical (unpaired) electrons. The molecule has 0 saturated heterocycles. The highest BCUT2D eigenvalue weighted by Crippen LogP contribution is 2.38. The predicted molar refractivity (Wildman–Crippen MR) is 82.1 cm³/mol. The second kappa shape index (κ2) is 5.89. The monoisotopic (exact) mass is 337 g/mol. The molecule has 2 heterocycles. The van der Waals surface area contributed by atoms with Crippen LogP contribution in [0.15, 0.2) is 30.6 Å². The Morgan fingerprint density at radius 2 is 2.00 bits per heavy atom. The van der Waals surface area contributed by atoms with Gasteiger partial charge in [-0.2, -0.15) is 4.98 Å². The maximum atomic E-state index is 6.24. The number of para-hydroxylation sites is 1. The van der Waals surface area contributed by atoms with Crippen LogP contribution in [0.25, 0.3) is 10.2 Å². The molecule has 2 N–H and O–H groups in total. The zero-order chi connectivity index (χ0) is 13.5. The second-order valence-corrected chi connectivity index (χ2v) is 6.45. The van der Waals surface area contributed by atoms with E-state index in [9.17, 15) is 0 Å². The van der Waals surface area contributed by atoms with Gasteiger partial charge in [-0.1, -0.05) is 23.7 Å². The van der Waals surface area contributed by atoms with Crippen LogP contribution < -0.4 is 17.7 Å². The van der Waals surface area contributed by atoms with Gasteiger partial charge in [0.1, 0.15) is 16.2 Å². The van der Waals surface area contributed by atoms with Crippen molar-refractivity contribution < 1.29 is 17.7 Å². The quantitative estimate of drug-likeness (QED) is 0.686. The van der Waals surface area contributed by atoms with Gasteiger partial charge in [-0.25, -0.2) is 4.98 Å². The lowest BCUT2D eigenvalue weighted by Crippen LogP contribution is -3.00. The molecule has 0 amide bonds. The van der Waals surface area contributed by atoms with Crippen LogP contribution in [0.1, 0.15) is 16.9 Å². The summed E-state index contributed by atoms with van der Waals surface area (Å²) in [7, 11) is 0. The van der Waals surface area contributed by atoms with Gasteiger partial charge in [0.2, 0.25) is 5.82 Å². The van der Waals surface area contributed by atoms with Crippen molar-refractivity contribution in [3.8, 4) is 0 Å². The molecule has 0 aliphatic heterocycles. The van der Waals surface area contributed by atoms with E-state index in [0.29, 0.717) is 0 Å². The smallest absolute Gasteiger partial charge is 0.241 e. The Balaban J connectivity index is 0.00000132. The van der Waals surface area contributed by atoms with Gasteiger partial charge in [0.25, 0.3) is 0 Å². The molecule has 1 aliphatic carbocycles. The molecule has 3 aromatic rings. The van der Waals surface area contributed by atoms with Crippen LogP contribution >= 0.6 is 22.9 Å². The number of aromatic nitrogens is 2. The Kier molecular flexibility index (Phi) is 4.13. The van der Waals surface area contributed by atoms with Crippen LogP contribution in [0, 0.1) is 0 Å². The summed E-state index contributed by atoms with van der Waals surface area (Å²) in [5.41, 5.74) is 2.45. The van der Waals surface area contributed by atoms with E-state index in [1.165, 1.54) is 28.7 Å². The van der Waals surface area contributed by atoms with Gasteiger partial charge >= 0.3 is 0 Å². The van der Waals surface area contributed by atoms with E-state index in [4.69, 9.17) is 11.6 Å². The van der Waals surface area contributed by atoms with Crippen LogP contribution in [-0.4, -0.2) is 9.97 Å². The normalized spacial score (nSPS) is 13.2. The molecule has 6 heteroatoms. The third-order valence-electron chi connectivity index (χ3n) is 3.73. The molecule has 0 unspecified atom stereocenters. The van der Waals surface area contributed by atoms with E-state index in [2.05, 4.69) is 15.3 Å². The second-order valence-electron chi connectivity index (χ2n) is 4.96. The largest absolute Gasteiger partial charge is 1.00 e. The first-order valence-electron chi connectivity index (χ1n) is 6.67. The summed E-state index contributed by atoms with van der Waals surface area (Å²) in [5, 5.41) is 4.05. The number of benzene rings is 1. The van der Waals surface area contributed by atoms with Crippen LogP contribution in [-0.2, 0) is 12.8 Å².